The highest BCUT2D eigenvalue weighted by Crippen LogP contribution is 2.30. The monoisotopic (exact) mass is 293 g/mol. The number of rotatable bonds is 2. The second-order valence-electron chi connectivity index (χ2n) is 5.61. The fraction of sp³-hybridized carbons (Fsp3) is 0.571. The Morgan fingerprint density at radius 3 is 2.80 bits per heavy atom. The van der Waals surface area contributed by atoms with Gasteiger partial charge in [-0.3, -0.25) is 4.79 Å². The van der Waals surface area contributed by atoms with Crippen molar-refractivity contribution in [1.29, 1.82) is 0 Å². The van der Waals surface area contributed by atoms with E-state index in [9.17, 15) is 4.79 Å². The largest absolute Gasteiger partial charge is 0.379 e. The quantitative estimate of drug-likeness (QED) is 0.828. The maximum atomic E-state index is 12.7. The smallest absolute Gasteiger partial charge is 0.269 e. The maximum absolute atomic E-state index is 12.7. The molecule has 1 fully saturated rings. The summed E-state index contributed by atoms with van der Waals surface area (Å²) in [7, 11) is 2.08. The molecule has 0 bridgehead atoms. The van der Waals surface area contributed by atoms with Gasteiger partial charge in [0.25, 0.3) is 5.91 Å². The number of piperazine rings is 1. The van der Waals surface area contributed by atoms with E-state index in [4.69, 9.17) is 4.84 Å². The Hall–Kier alpha value is -1.40. The lowest BCUT2D eigenvalue weighted by Crippen LogP contribution is -2.54. The number of carbonyl (C=O) groups is 1. The molecule has 6 heteroatoms. The Morgan fingerprint density at radius 2 is 2.15 bits per heavy atom. The van der Waals surface area contributed by atoms with Crippen molar-refractivity contribution in [2.45, 2.75) is 18.9 Å². The van der Waals surface area contributed by atoms with Crippen LogP contribution in [0.4, 0.5) is 0 Å². The molecule has 3 rings (SSSR count). The van der Waals surface area contributed by atoms with Crippen molar-refractivity contribution in [3.63, 3.8) is 0 Å². The Labute approximate surface area is 122 Å². The van der Waals surface area contributed by atoms with Crippen LogP contribution in [0.3, 0.4) is 0 Å². The topological polar surface area (TPSA) is 45.1 Å². The van der Waals surface area contributed by atoms with Crippen molar-refractivity contribution in [1.82, 2.24) is 9.80 Å². The minimum absolute atomic E-state index is 0.0564. The molecule has 3 heterocycles. The summed E-state index contributed by atoms with van der Waals surface area (Å²) in [6.07, 6.45) is 0.554. The summed E-state index contributed by atoms with van der Waals surface area (Å²) in [5, 5.41) is 6.14. The van der Waals surface area contributed by atoms with Crippen molar-refractivity contribution >= 4 is 23.0 Å². The minimum Gasteiger partial charge on any atom is -0.379 e. The molecule has 5 nitrogen and oxygen atoms in total. The van der Waals surface area contributed by atoms with Gasteiger partial charge >= 0.3 is 0 Å². The van der Waals surface area contributed by atoms with Crippen molar-refractivity contribution in [2.75, 3.05) is 33.2 Å². The average molecular weight is 293 g/mol. The molecule has 1 atom stereocenters. The fourth-order valence-electron chi connectivity index (χ4n) is 2.57. The summed E-state index contributed by atoms with van der Waals surface area (Å²) in [5.74, 6) is 0.0564. The van der Waals surface area contributed by atoms with Gasteiger partial charge in [-0.1, -0.05) is 11.2 Å². The molecule has 1 saturated heterocycles. The molecular formula is C14H19N3O2S. The van der Waals surface area contributed by atoms with Gasteiger partial charge < -0.3 is 14.6 Å². The first-order valence-electron chi connectivity index (χ1n) is 6.85. The van der Waals surface area contributed by atoms with E-state index in [1.165, 1.54) is 0 Å². The number of hydrogen-bond acceptors (Lipinski definition) is 5. The minimum atomic E-state index is -0.838. The van der Waals surface area contributed by atoms with Gasteiger partial charge in [0, 0.05) is 32.6 Å². The van der Waals surface area contributed by atoms with Crippen molar-refractivity contribution in [2.24, 2.45) is 5.16 Å². The van der Waals surface area contributed by atoms with Crippen molar-refractivity contribution < 1.29 is 9.63 Å². The van der Waals surface area contributed by atoms with Gasteiger partial charge in [0.1, 0.15) is 5.71 Å². The van der Waals surface area contributed by atoms with Crippen LogP contribution in [0.15, 0.2) is 22.7 Å². The van der Waals surface area contributed by atoms with Crippen LogP contribution in [-0.4, -0.2) is 60.2 Å². The lowest BCUT2D eigenvalue weighted by Gasteiger charge is -2.36. The molecule has 0 aromatic carbocycles. The van der Waals surface area contributed by atoms with Crippen molar-refractivity contribution in [3.8, 4) is 0 Å². The van der Waals surface area contributed by atoms with Crippen LogP contribution in [0.5, 0.6) is 0 Å². The van der Waals surface area contributed by atoms with E-state index in [1.54, 1.807) is 11.3 Å². The molecule has 20 heavy (non-hydrogen) atoms. The van der Waals surface area contributed by atoms with Gasteiger partial charge in [-0.15, -0.1) is 11.3 Å². The van der Waals surface area contributed by atoms with Crippen LogP contribution in [0.25, 0.3) is 0 Å². The number of hydrogen-bond donors (Lipinski definition) is 0. The van der Waals surface area contributed by atoms with Crippen LogP contribution in [0.2, 0.25) is 0 Å². The second-order valence-corrected chi connectivity index (χ2v) is 6.56. The van der Waals surface area contributed by atoms with Crippen LogP contribution < -0.4 is 0 Å². The summed E-state index contributed by atoms with van der Waals surface area (Å²) >= 11 is 1.63. The van der Waals surface area contributed by atoms with Gasteiger partial charge in [-0.2, -0.15) is 0 Å². The maximum Gasteiger partial charge on any atom is 0.269 e. The number of likely N-dealkylation sites (N-methyl/N-ethyl adjacent to an activating group) is 1. The van der Waals surface area contributed by atoms with E-state index < -0.39 is 5.60 Å². The molecule has 0 unspecified atom stereocenters. The van der Waals surface area contributed by atoms with Crippen LogP contribution in [-0.2, 0) is 9.63 Å². The van der Waals surface area contributed by atoms with Gasteiger partial charge in [-0.05, 0) is 25.4 Å². The first kappa shape index (κ1) is 13.6. The third-order valence-corrected chi connectivity index (χ3v) is 4.83. The molecule has 0 N–H and O–H groups in total. The predicted molar refractivity (Wildman–Crippen MR) is 79.0 cm³/mol. The van der Waals surface area contributed by atoms with E-state index in [-0.39, 0.29) is 5.91 Å². The second kappa shape index (κ2) is 5.18. The van der Waals surface area contributed by atoms with E-state index in [0.717, 1.165) is 36.8 Å². The van der Waals surface area contributed by atoms with E-state index >= 15 is 0 Å². The SMILES string of the molecule is CN1CCN(C(=O)[C@]2(C)CC(c3cccs3)=NO2)CC1. The van der Waals surface area contributed by atoms with E-state index in [1.807, 2.05) is 29.3 Å². The fourth-order valence-corrected chi connectivity index (χ4v) is 3.28. The molecule has 0 radical (unpaired) electrons. The number of nitrogens with zero attached hydrogens (tertiary/aromatic N) is 3. The zero-order valence-electron chi connectivity index (χ0n) is 11.8. The first-order chi connectivity index (χ1) is 9.58. The lowest BCUT2D eigenvalue weighted by atomic mass is 9.97. The Balaban J connectivity index is 1.67. The third-order valence-electron chi connectivity index (χ3n) is 3.91. The number of oxime groups is 1. The molecular weight excluding hydrogens is 274 g/mol. The number of amides is 1. The summed E-state index contributed by atoms with van der Waals surface area (Å²) in [4.78, 5) is 23.4. The molecule has 0 saturated carbocycles. The third kappa shape index (κ3) is 2.45. The molecule has 2 aliphatic rings. The van der Waals surface area contributed by atoms with Gasteiger partial charge in [-0.25, -0.2) is 0 Å². The average Bonchev–Trinajstić information content (AvgIpc) is 3.08. The highest BCUT2D eigenvalue weighted by Gasteiger charge is 2.45. The molecule has 0 spiro atoms. The molecule has 0 aliphatic carbocycles. The van der Waals surface area contributed by atoms with Crippen LogP contribution in [0, 0.1) is 0 Å². The number of carbonyl (C=O) groups excluding carboxylic acids is 1. The summed E-state index contributed by atoms with van der Waals surface area (Å²) in [6, 6.07) is 4.00. The predicted octanol–water partition coefficient (Wildman–Crippen LogP) is 1.41. The van der Waals surface area contributed by atoms with Gasteiger partial charge in [0.15, 0.2) is 0 Å². The standard InChI is InChI=1S/C14H19N3O2S/c1-14(13(18)17-7-5-16(2)6-8-17)10-11(15-19-14)12-4-3-9-20-12/h3-4,9H,5-8,10H2,1-2H3/t14-/m0/s1. The molecule has 1 aromatic rings. The Morgan fingerprint density at radius 1 is 1.40 bits per heavy atom. The Kier molecular flexibility index (Phi) is 3.52. The highest BCUT2D eigenvalue weighted by atomic mass is 32.1. The van der Waals surface area contributed by atoms with E-state index in [0.29, 0.717) is 6.42 Å². The molecule has 1 amide bonds. The van der Waals surface area contributed by atoms with Crippen LogP contribution in [0.1, 0.15) is 18.2 Å². The van der Waals surface area contributed by atoms with Crippen molar-refractivity contribution in [3.05, 3.63) is 22.4 Å². The zero-order chi connectivity index (χ0) is 14.2. The first-order valence-corrected chi connectivity index (χ1v) is 7.73. The summed E-state index contributed by atoms with van der Waals surface area (Å²) in [6.45, 7) is 5.21. The highest BCUT2D eigenvalue weighted by molar-refractivity contribution is 7.12. The summed E-state index contributed by atoms with van der Waals surface area (Å²) in [5.41, 5.74) is 0.0415. The van der Waals surface area contributed by atoms with Gasteiger partial charge in [0.05, 0.1) is 4.88 Å². The summed E-state index contributed by atoms with van der Waals surface area (Å²) < 4.78 is 0. The normalized spacial score (nSPS) is 27.3. The lowest BCUT2D eigenvalue weighted by molar-refractivity contribution is -0.154. The molecule has 1 aromatic heterocycles. The molecule has 2 aliphatic heterocycles. The zero-order valence-corrected chi connectivity index (χ0v) is 12.7. The number of thiophene rings is 1. The Bertz CT molecular complexity index is 521. The van der Waals surface area contributed by atoms with E-state index in [2.05, 4.69) is 17.1 Å². The van der Waals surface area contributed by atoms with Crippen LogP contribution >= 0.6 is 11.3 Å². The molecule has 108 valence electrons. The van der Waals surface area contributed by atoms with Gasteiger partial charge in [0.2, 0.25) is 5.60 Å².